The van der Waals surface area contributed by atoms with Crippen molar-refractivity contribution in [2.75, 3.05) is 10.6 Å². The second kappa shape index (κ2) is 5.55. The molecule has 0 aromatic heterocycles. The topological polar surface area (TPSA) is 24.1 Å². The lowest BCUT2D eigenvalue weighted by Gasteiger charge is -2.32. The van der Waals surface area contributed by atoms with Crippen molar-refractivity contribution in [3.8, 4) is 0 Å². The fourth-order valence-electron chi connectivity index (χ4n) is 2.64. The number of rotatable bonds is 2. The van der Waals surface area contributed by atoms with Crippen molar-refractivity contribution in [1.29, 1.82) is 0 Å². The Morgan fingerprint density at radius 2 is 1.75 bits per heavy atom. The van der Waals surface area contributed by atoms with Crippen LogP contribution in [-0.2, 0) is 0 Å². The van der Waals surface area contributed by atoms with Crippen LogP contribution in [0.4, 0.5) is 11.4 Å². The van der Waals surface area contributed by atoms with Crippen LogP contribution in [-0.4, -0.2) is 6.04 Å². The molecule has 0 aliphatic carbocycles. The fraction of sp³-hybridized carbons (Fsp3) is 0.250. The van der Waals surface area contributed by atoms with E-state index in [0.717, 1.165) is 27.8 Å². The summed E-state index contributed by atoms with van der Waals surface area (Å²) in [5.41, 5.74) is 3.43. The van der Waals surface area contributed by atoms with E-state index in [4.69, 9.17) is 23.2 Å². The molecule has 104 valence electrons. The van der Waals surface area contributed by atoms with E-state index in [9.17, 15) is 0 Å². The van der Waals surface area contributed by atoms with E-state index in [2.05, 4.69) is 17.6 Å². The second-order valence-electron chi connectivity index (χ2n) is 5.22. The van der Waals surface area contributed by atoms with Crippen LogP contribution >= 0.6 is 23.2 Å². The summed E-state index contributed by atoms with van der Waals surface area (Å²) in [5.74, 6) is 0. The SMILES string of the molecule is C[C@@H]1C[C@H](Nc2ccc(Cl)cc2)c2cc(Cl)ccc2N1. The molecule has 1 aliphatic rings. The molecule has 0 radical (unpaired) electrons. The normalized spacial score (nSPS) is 20.9. The van der Waals surface area contributed by atoms with Crippen LogP contribution in [0.25, 0.3) is 0 Å². The van der Waals surface area contributed by atoms with Crippen LogP contribution in [0.2, 0.25) is 10.0 Å². The van der Waals surface area contributed by atoms with Gasteiger partial charge in [-0.05, 0) is 61.4 Å². The fourth-order valence-corrected chi connectivity index (χ4v) is 2.95. The van der Waals surface area contributed by atoms with Gasteiger partial charge in [-0.1, -0.05) is 23.2 Å². The van der Waals surface area contributed by atoms with E-state index in [0.29, 0.717) is 6.04 Å². The highest BCUT2D eigenvalue weighted by Gasteiger charge is 2.24. The van der Waals surface area contributed by atoms with Gasteiger partial charge in [0.1, 0.15) is 0 Å². The Bertz CT molecular complexity index is 610. The first-order valence-corrected chi connectivity index (χ1v) is 7.45. The maximum atomic E-state index is 6.13. The molecule has 2 atom stereocenters. The monoisotopic (exact) mass is 306 g/mol. The van der Waals surface area contributed by atoms with E-state index in [1.54, 1.807) is 0 Å². The Morgan fingerprint density at radius 3 is 2.50 bits per heavy atom. The summed E-state index contributed by atoms with van der Waals surface area (Å²) in [7, 11) is 0. The number of halogens is 2. The highest BCUT2D eigenvalue weighted by molar-refractivity contribution is 6.31. The first kappa shape index (κ1) is 13.6. The summed E-state index contributed by atoms with van der Waals surface area (Å²) in [6.45, 7) is 2.19. The summed E-state index contributed by atoms with van der Waals surface area (Å²) in [5, 5.41) is 8.57. The zero-order valence-electron chi connectivity index (χ0n) is 11.2. The van der Waals surface area contributed by atoms with Crippen molar-refractivity contribution in [2.45, 2.75) is 25.4 Å². The third kappa shape index (κ3) is 2.87. The Hall–Kier alpha value is -1.38. The zero-order chi connectivity index (χ0) is 14.1. The molecule has 2 aromatic carbocycles. The third-order valence-electron chi connectivity index (χ3n) is 3.57. The lowest BCUT2D eigenvalue weighted by molar-refractivity contribution is 0.600. The Morgan fingerprint density at radius 1 is 1.05 bits per heavy atom. The molecule has 2 nitrogen and oxygen atoms in total. The minimum absolute atomic E-state index is 0.251. The van der Waals surface area contributed by atoms with Gasteiger partial charge in [-0.2, -0.15) is 0 Å². The maximum Gasteiger partial charge on any atom is 0.0554 e. The second-order valence-corrected chi connectivity index (χ2v) is 6.09. The molecule has 0 spiro atoms. The van der Waals surface area contributed by atoms with E-state index in [-0.39, 0.29) is 6.04 Å². The highest BCUT2D eigenvalue weighted by Crippen LogP contribution is 2.36. The van der Waals surface area contributed by atoms with Gasteiger partial charge in [0.15, 0.2) is 0 Å². The Kier molecular flexibility index (Phi) is 3.77. The smallest absolute Gasteiger partial charge is 0.0554 e. The quantitative estimate of drug-likeness (QED) is 0.781. The summed E-state index contributed by atoms with van der Waals surface area (Å²) >= 11 is 12.1. The molecule has 0 bridgehead atoms. The molecule has 4 heteroatoms. The molecule has 0 amide bonds. The standard InChI is InChI=1S/C16H16Cl2N2/c1-10-8-16(20-13-5-2-11(17)3-6-13)14-9-12(18)4-7-15(14)19-10/h2-7,9-10,16,19-20H,8H2,1H3/t10-,16+/m1/s1. The number of fused-ring (bicyclic) bond motifs is 1. The van der Waals surface area contributed by atoms with Gasteiger partial charge >= 0.3 is 0 Å². The van der Waals surface area contributed by atoms with Crippen LogP contribution in [0, 0.1) is 0 Å². The van der Waals surface area contributed by atoms with Crippen molar-refractivity contribution in [3.63, 3.8) is 0 Å². The lowest BCUT2D eigenvalue weighted by atomic mass is 9.93. The van der Waals surface area contributed by atoms with Gasteiger partial charge in [-0.25, -0.2) is 0 Å². The molecule has 0 saturated carbocycles. The first-order chi connectivity index (χ1) is 9.61. The van der Waals surface area contributed by atoms with Gasteiger partial charge in [0.2, 0.25) is 0 Å². The number of hydrogen-bond donors (Lipinski definition) is 2. The van der Waals surface area contributed by atoms with Crippen molar-refractivity contribution >= 4 is 34.6 Å². The molecule has 1 aliphatic heterocycles. The molecule has 2 N–H and O–H groups in total. The highest BCUT2D eigenvalue weighted by atomic mass is 35.5. The largest absolute Gasteiger partial charge is 0.382 e. The van der Waals surface area contributed by atoms with E-state index < -0.39 is 0 Å². The molecule has 0 saturated heterocycles. The van der Waals surface area contributed by atoms with Crippen LogP contribution in [0.3, 0.4) is 0 Å². The van der Waals surface area contributed by atoms with Gasteiger partial charge in [0.05, 0.1) is 6.04 Å². The van der Waals surface area contributed by atoms with Crippen LogP contribution < -0.4 is 10.6 Å². The molecule has 2 aromatic rings. The Labute approximate surface area is 129 Å². The minimum atomic E-state index is 0.251. The first-order valence-electron chi connectivity index (χ1n) is 6.70. The molecule has 20 heavy (non-hydrogen) atoms. The van der Waals surface area contributed by atoms with Gasteiger partial charge in [0, 0.05) is 27.5 Å². The van der Waals surface area contributed by atoms with Crippen molar-refractivity contribution in [1.82, 2.24) is 0 Å². The number of nitrogens with one attached hydrogen (secondary N) is 2. The zero-order valence-corrected chi connectivity index (χ0v) is 12.7. The van der Waals surface area contributed by atoms with E-state index in [1.165, 1.54) is 5.56 Å². The van der Waals surface area contributed by atoms with Crippen molar-refractivity contribution in [3.05, 3.63) is 58.1 Å². The predicted octanol–water partition coefficient (Wildman–Crippen LogP) is 5.35. The summed E-state index contributed by atoms with van der Waals surface area (Å²) in [6, 6.07) is 14.5. The summed E-state index contributed by atoms with van der Waals surface area (Å²) in [6.07, 6.45) is 1.01. The van der Waals surface area contributed by atoms with Crippen LogP contribution in [0.1, 0.15) is 24.9 Å². The molecule has 0 fully saturated rings. The average molecular weight is 307 g/mol. The number of benzene rings is 2. The van der Waals surface area contributed by atoms with Crippen LogP contribution in [0.5, 0.6) is 0 Å². The summed E-state index contributed by atoms with van der Waals surface area (Å²) < 4.78 is 0. The molecular weight excluding hydrogens is 291 g/mol. The molecular formula is C16H16Cl2N2. The van der Waals surface area contributed by atoms with E-state index in [1.807, 2.05) is 42.5 Å². The number of anilines is 2. The van der Waals surface area contributed by atoms with Crippen molar-refractivity contribution in [2.24, 2.45) is 0 Å². The summed E-state index contributed by atoms with van der Waals surface area (Å²) in [4.78, 5) is 0. The predicted molar refractivity (Wildman–Crippen MR) is 87.0 cm³/mol. The maximum absolute atomic E-state index is 6.13. The van der Waals surface area contributed by atoms with Gasteiger partial charge in [0.25, 0.3) is 0 Å². The molecule has 0 unspecified atom stereocenters. The van der Waals surface area contributed by atoms with Gasteiger partial charge in [-0.15, -0.1) is 0 Å². The average Bonchev–Trinajstić information content (AvgIpc) is 2.42. The van der Waals surface area contributed by atoms with E-state index >= 15 is 0 Å². The molecule has 3 rings (SSSR count). The van der Waals surface area contributed by atoms with Crippen LogP contribution in [0.15, 0.2) is 42.5 Å². The number of hydrogen-bond acceptors (Lipinski definition) is 2. The lowest BCUT2D eigenvalue weighted by Crippen LogP contribution is -2.28. The van der Waals surface area contributed by atoms with Crippen molar-refractivity contribution < 1.29 is 0 Å². The van der Waals surface area contributed by atoms with Gasteiger partial charge in [-0.3, -0.25) is 0 Å². The third-order valence-corrected chi connectivity index (χ3v) is 4.05. The molecule has 1 heterocycles. The van der Waals surface area contributed by atoms with Gasteiger partial charge < -0.3 is 10.6 Å². The minimum Gasteiger partial charge on any atom is -0.382 e. The Balaban J connectivity index is 1.90.